The molecule has 10 heteroatoms. The second kappa shape index (κ2) is 10.7. The topological polar surface area (TPSA) is 126 Å². The van der Waals surface area contributed by atoms with E-state index in [2.05, 4.69) is 26.9 Å². The van der Waals surface area contributed by atoms with Crippen molar-refractivity contribution in [1.29, 1.82) is 0 Å². The predicted octanol–water partition coefficient (Wildman–Crippen LogP) is 4.89. The van der Waals surface area contributed by atoms with Gasteiger partial charge in [-0.3, -0.25) is 10.1 Å². The molecule has 1 aromatic heterocycles. The molecule has 0 spiro atoms. The summed E-state index contributed by atoms with van der Waals surface area (Å²) in [5, 5.41) is 14.6. The minimum absolute atomic E-state index is 0.0224. The number of nitrogens with zero attached hydrogens (tertiary/aromatic N) is 3. The van der Waals surface area contributed by atoms with Crippen LogP contribution in [0.2, 0.25) is 0 Å². The average Bonchev–Trinajstić information content (AvgIpc) is 2.80. The van der Waals surface area contributed by atoms with Crippen LogP contribution in [0.3, 0.4) is 0 Å². The van der Waals surface area contributed by atoms with Gasteiger partial charge < -0.3 is 19.5 Å². The molecule has 0 bridgehead atoms. The normalized spacial score (nSPS) is 10.3. The molecule has 0 saturated heterocycles. The van der Waals surface area contributed by atoms with Crippen LogP contribution in [-0.2, 0) is 4.74 Å². The van der Waals surface area contributed by atoms with Gasteiger partial charge in [-0.15, -0.1) is 0 Å². The van der Waals surface area contributed by atoms with E-state index < -0.39 is 16.6 Å². The SMILES string of the molecule is CCCCOc1ccc(Nc2ncnc(Oc3ccc(C(=O)OC)cc3)c2[N+](=O)[O-])cc1. The molecule has 0 amide bonds. The van der Waals surface area contributed by atoms with Crippen molar-refractivity contribution >= 4 is 23.2 Å². The molecule has 2 aromatic carbocycles. The average molecular weight is 438 g/mol. The van der Waals surface area contributed by atoms with Crippen LogP contribution in [0.1, 0.15) is 30.1 Å². The van der Waals surface area contributed by atoms with Gasteiger partial charge in [0.15, 0.2) is 0 Å². The number of hydrogen-bond donors (Lipinski definition) is 1. The minimum atomic E-state index is -0.622. The highest BCUT2D eigenvalue weighted by atomic mass is 16.6. The van der Waals surface area contributed by atoms with Crippen molar-refractivity contribution in [1.82, 2.24) is 9.97 Å². The molecule has 10 nitrogen and oxygen atoms in total. The summed E-state index contributed by atoms with van der Waals surface area (Å²) in [7, 11) is 1.28. The Morgan fingerprint density at radius 1 is 1.06 bits per heavy atom. The molecule has 0 aliphatic carbocycles. The van der Waals surface area contributed by atoms with E-state index in [1.165, 1.54) is 31.4 Å². The Balaban J connectivity index is 1.79. The standard InChI is InChI=1S/C22H22N4O6/c1-3-4-13-31-17-11-7-16(8-12-17)25-20-19(26(28)29)21(24-14-23-20)32-18-9-5-15(6-10-18)22(27)30-2/h5-12,14H,3-4,13H2,1-2H3,(H,23,24,25). The number of carbonyl (C=O) groups excluding carboxylic acids is 1. The summed E-state index contributed by atoms with van der Waals surface area (Å²) < 4.78 is 15.8. The summed E-state index contributed by atoms with van der Waals surface area (Å²) in [6.07, 6.45) is 3.16. The smallest absolute Gasteiger partial charge is 0.373 e. The van der Waals surface area contributed by atoms with Crippen LogP contribution in [0.15, 0.2) is 54.9 Å². The van der Waals surface area contributed by atoms with Crippen molar-refractivity contribution in [2.24, 2.45) is 0 Å². The number of nitrogens with one attached hydrogen (secondary N) is 1. The molecule has 0 aliphatic heterocycles. The zero-order valence-electron chi connectivity index (χ0n) is 17.6. The number of carbonyl (C=O) groups is 1. The van der Waals surface area contributed by atoms with Crippen LogP contribution in [0.25, 0.3) is 0 Å². The Morgan fingerprint density at radius 3 is 2.38 bits per heavy atom. The van der Waals surface area contributed by atoms with Gasteiger partial charge in [0, 0.05) is 5.69 Å². The van der Waals surface area contributed by atoms with Crippen LogP contribution in [0.4, 0.5) is 17.2 Å². The molecule has 0 atom stereocenters. The summed E-state index contributed by atoms with van der Waals surface area (Å²) in [5.41, 5.74) is 0.484. The second-order valence-corrected chi connectivity index (χ2v) is 6.60. The molecule has 32 heavy (non-hydrogen) atoms. The molecule has 3 rings (SSSR count). The maximum absolute atomic E-state index is 11.7. The summed E-state index contributed by atoms with van der Waals surface area (Å²) >= 11 is 0. The molecular formula is C22H22N4O6. The minimum Gasteiger partial charge on any atom is -0.494 e. The van der Waals surface area contributed by atoms with Crippen molar-refractivity contribution in [2.45, 2.75) is 19.8 Å². The highest BCUT2D eigenvalue weighted by molar-refractivity contribution is 5.89. The van der Waals surface area contributed by atoms with Gasteiger partial charge in [0.05, 0.1) is 24.2 Å². The number of nitro groups is 1. The number of rotatable bonds is 10. The van der Waals surface area contributed by atoms with E-state index in [0.717, 1.165) is 19.2 Å². The fourth-order valence-electron chi connectivity index (χ4n) is 2.69. The lowest BCUT2D eigenvalue weighted by molar-refractivity contribution is -0.385. The Labute approximate surface area is 184 Å². The molecule has 3 aromatic rings. The molecule has 0 aliphatic rings. The van der Waals surface area contributed by atoms with Gasteiger partial charge in [-0.1, -0.05) is 13.3 Å². The van der Waals surface area contributed by atoms with Crippen molar-refractivity contribution in [3.05, 3.63) is 70.5 Å². The third kappa shape index (κ3) is 5.69. The lowest BCUT2D eigenvalue weighted by atomic mass is 10.2. The van der Waals surface area contributed by atoms with Gasteiger partial charge in [-0.05, 0) is 55.0 Å². The molecule has 0 saturated carbocycles. The third-order valence-corrected chi connectivity index (χ3v) is 4.34. The summed E-state index contributed by atoms with van der Waals surface area (Å²) in [6, 6.07) is 13.0. The molecule has 0 fully saturated rings. The second-order valence-electron chi connectivity index (χ2n) is 6.60. The number of anilines is 2. The van der Waals surface area contributed by atoms with Crippen LogP contribution in [0, 0.1) is 10.1 Å². The number of aromatic nitrogens is 2. The fraction of sp³-hybridized carbons (Fsp3) is 0.227. The van der Waals surface area contributed by atoms with Crippen molar-refractivity contribution in [2.75, 3.05) is 19.0 Å². The Bertz CT molecular complexity index is 1070. The lowest BCUT2D eigenvalue weighted by Gasteiger charge is -2.10. The zero-order valence-corrected chi connectivity index (χ0v) is 17.6. The third-order valence-electron chi connectivity index (χ3n) is 4.34. The maximum atomic E-state index is 11.7. The largest absolute Gasteiger partial charge is 0.494 e. The Hall–Kier alpha value is -4.21. The number of hydrogen-bond acceptors (Lipinski definition) is 9. The number of ether oxygens (including phenoxy) is 3. The fourth-order valence-corrected chi connectivity index (χ4v) is 2.69. The number of benzene rings is 2. The number of esters is 1. The van der Waals surface area contributed by atoms with Gasteiger partial charge in [-0.25, -0.2) is 9.78 Å². The van der Waals surface area contributed by atoms with E-state index in [1.54, 1.807) is 24.3 Å². The van der Waals surface area contributed by atoms with Gasteiger partial charge >= 0.3 is 17.5 Å². The van der Waals surface area contributed by atoms with E-state index in [9.17, 15) is 14.9 Å². The van der Waals surface area contributed by atoms with E-state index in [4.69, 9.17) is 9.47 Å². The first kappa shape index (κ1) is 22.5. The molecule has 1 heterocycles. The van der Waals surface area contributed by atoms with E-state index in [0.29, 0.717) is 23.6 Å². The van der Waals surface area contributed by atoms with Gasteiger partial charge in [0.2, 0.25) is 5.82 Å². The summed E-state index contributed by atoms with van der Waals surface area (Å²) in [5.74, 6) is 0.209. The van der Waals surface area contributed by atoms with Crippen LogP contribution in [0.5, 0.6) is 17.4 Å². The molecule has 166 valence electrons. The van der Waals surface area contributed by atoms with Crippen molar-refractivity contribution in [3.63, 3.8) is 0 Å². The highest BCUT2D eigenvalue weighted by Crippen LogP contribution is 2.35. The number of unbranched alkanes of at least 4 members (excludes halogenated alkanes) is 1. The van der Waals surface area contributed by atoms with Crippen LogP contribution < -0.4 is 14.8 Å². The zero-order chi connectivity index (χ0) is 22.9. The summed E-state index contributed by atoms with van der Waals surface area (Å²) in [6.45, 7) is 2.71. The molecular weight excluding hydrogens is 416 g/mol. The quantitative estimate of drug-likeness (QED) is 0.204. The predicted molar refractivity (Wildman–Crippen MR) is 117 cm³/mol. The lowest BCUT2D eigenvalue weighted by Crippen LogP contribution is -2.04. The van der Waals surface area contributed by atoms with Crippen LogP contribution >= 0.6 is 0 Å². The van der Waals surface area contributed by atoms with E-state index in [-0.39, 0.29) is 17.4 Å². The molecule has 1 N–H and O–H groups in total. The highest BCUT2D eigenvalue weighted by Gasteiger charge is 2.25. The van der Waals surface area contributed by atoms with Gasteiger partial charge in [-0.2, -0.15) is 4.98 Å². The van der Waals surface area contributed by atoms with E-state index in [1.807, 2.05) is 0 Å². The Morgan fingerprint density at radius 2 is 1.75 bits per heavy atom. The van der Waals surface area contributed by atoms with Gasteiger partial charge in [0.1, 0.15) is 17.8 Å². The van der Waals surface area contributed by atoms with Crippen molar-refractivity contribution < 1.29 is 23.9 Å². The molecule has 0 radical (unpaired) electrons. The van der Waals surface area contributed by atoms with Crippen molar-refractivity contribution in [3.8, 4) is 17.4 Å². The van der Waals surface area contributed by atoms with Crippen LogP contribution in [-0.4, -0.2) is 34.6 Å². The summed E-state index contributed by atoms with van der Waals surface area (Å²) in [4.78, 5) is 30.5. The first-order valence-electron chi connectivity index (χ1n) is 9.87. The number of methoxy groups -OCH3 is 1. The monoisotopic (exact) mass is 438 g/mol. The van der Waals surface area contributed by atoms with E-state index >= 15 is 0 Å². The van der Waals surface area contributed by atoms with Gasteiger partial charge in [0.25, 0.3) is 0 Å². The first-order valence-corrected chi connectivity index (χ1v) is 9.87. The maximum Gasteiger partial charge on any atom is 0.373 e. The Kier molecular flexibility index (Phi) is 7.52. The molecule has 0 unspecified atom stereocenters. The first-order chi connectivity index (χ1) is 15.5.